The number of carbonyl (C=O) groups excluding carboxylic acids is 2. The molecule has 0 spiro atoms. The van der Waals surface area contributed by atoms with Crippen LogP contribution in [-0.4, -0.2) is 51.7 Å². The summed E-state index contributed by atoms with van der Waals surface area (Å²) < 4.78 is 6.25. The van der Waals surface area contributed by atoms with Gasteiger partial charge in [0.15, 0.2) is 6.10 Å². The highest BCUT2D eigenvalue weighted by atomic mass is 79.9. The van der Waals surface area contributed by atoms with Gasteiger partial charge in [0.1, 0.15) is 17.3 Å². The highest BCUT2D eigenvalue weighted by Gasteiger charge is 2.35. The zero-order chi connectivity index (χ0) is 20.2. The van der Waals surface area contributed by atoms with E-state index in [2.05, 4.69) is 31.4 Å². The van der Waals surface area contributed by atoms with Gasteiger partial charge in [-0.1, -0.05) is 23.4 Å². The Labute approximate surface area is 176 Å². The normalized spacial score (nSPS) is 21.0. The van der Waals surface area contributed by atoms with Crippen molar-refractivity contribution in [3.05, 3.63) is 42.1 Å². The standard InChI is InChI=1S/C20H21BrN4O4/c21-18-10-14(29-24-18)11-23-19(26)17-6-3-9-25(17)20(27)28-12-13-7-8-22-16-5-2-1-4-15(13)16/h1-2,4-5,7-8,14,17H,3,6,9-12H2,(H,23,26)/t14-,17-/m0/s1. The van der Waals surface area contributed by atoms with Crippen LogP contribution in [0.2, 0.25) is 0 Å². The van der Waals surface area contributed by atoms with Crippen molar-refractivity contribution in [2.45, 2.75) is 38.0 Å². The zero-order valence-corrected chi connectivity index (χ0v) is 17.3. The Morgan fingerprint density at radius 3 is 3.00 bits per heavy atom. The highest BCUT2D eigenvalue weighted by Crippen LogP contribution is 2.21. The molecule has 0 aliphatic carbocycles. The van der Waals surface area contributed by atoms with E-state index in [4.69, 9.17) is 9.57 Å². The summed E-state index contributed by atoms with van der Waals surface area (Å²) in [7, 11) is 0. The van der Waals surface area contributed by atoms with Gasteiger partial charge < -0.3 is 14.9 Å². The van der Waals surface area contributed by atoms with Crippen LogP contribution in [0, 0.1) is 0 Å². The fourth-order valence-electron chi connectivity index (χ4n) is 3.60. The molecule has 152 valence electrons. The van der Waals surface area contributed by atoms with Crippen molar-refractivity contribution >= 4 is 43.5 Å². The molecule has 0 bridgehead atoms. The number of hydrogen-bond acceptors (Lipinski definition) is 6. The fourth-order valence-corrected chi connectivity index (χ4v) is 4.04. The van der Waals surface area contributed by atoms with Gasteiger partial charge in [-0.05, 0) is 40.9 Å². The molecule has 8 nitrogen and oxygen atoms in total. The Morgan fingerprint density at radius 2 is 2.17 bits per heavy atom. The van der Waals surface area contributed by atoms with Crippen LogP contribution in [0.25, 0.3) is 10.9 Å². The number of halogens is 1. The lowest BCUT2D eigenvalue weighted by Crippen LogP contribution is -2.47. The van der Waals surface area contributed by atoms with E-state index in [1.165, 1.54) is 4.90 Å². The van der Waals surface area contributed by atoms with Crippen LogP contribution >= 0.6 is 15.9 Å². The third-order valence-corrected chi connectivity index (χ3v) is 5.55. The Kier molecular flexibility index (Phi) is 5.94. The summed E-state index contributed by atoms with van der Waals surface area (Å²) in [4.78, 5) is 36.2. The zero-order valence-electron chi connectivity index (χ0n) is 15.7. The number of fused-ring (bicyclic) bond motifs is 1. The Morgan fingerprint density at radius 1 is 1.31 bits per heavy atom. The Bertz CT molecular complexity index is 946. The van der Waals surface area contributed by atoms with Gasteiger partial charge in [-0.25, -0.2) is 4.79 Å². The first-order valence-corrected chi connectivity index (χ1v) is 10.3. The van der Waals surface area contributed by atoms with Crippen LogP contribution < -0.4 is 5.32 Å². The number of pyridine rings is 1. The molecule has 2 atom stereocenters. The van der Waals surface area contributed by atoms with Gasteiger partial charge >= 0.3 is 6.09 Å². The maximum Gasteiger partial charge on any atom is 0.410 e. The summed E-state index contributed by atoms with van der Waals surface area (Å²) in [6.45, 7) is 0.983. The number of ether oxygens (including phenoxy) is 1. The second-order valence-electron chi connectivity index (χ2n) is 7.04. The minimum atomic E-state index is -0.526. The second-order valence-corrected chi connectivity index (χ2v) is 7.95. The predicted octanol–water partition coefficient (Wildman–Crippen LogP) is 2.95. The van der Waals surface area contributed by atoms with Gasteiger partial charge in [0.2, 0.25) is 5.91 Å². The minimum absolute atomic E-state index is 0.133. The van der Waals surface area contributed by atoms with Crippen LogP contribution in [0.3, 0.4) is 0 Å². The lowest BCUT2D eigenvalue weighted by Gasteiger charge is -2.24. The van der Waals surface area contributed by atoms with Crippen LogP contribution in [0.1, 0.15) is 24.8 Å². The number of amides is 2. The molecule has 29 heavy (non-hydrogen) atoms. The SMILES string of the molecule is O=C(NC[C@@H]1CC(Br)=NO1)[C@@H]1CCCN1C(=O)OCc1ccnc2ccccc12. The van der Waals surface area contributed by atoms with Gasteiger partial charge in [-0.3, -0.25) is 14.7 Å². The lowest BCUT2D eigenvalue weighted by molar-refractivity contribution is -0.125. The van der Waals surface area contributed by atoms with E-state index in [0.29, 0.717) is 25.9 Å². The number of oxime groups is 1. The molecule has 1 fully saturated rings. The Hall–Kier alpha value is -2.68. The van der Waals surface area contributed by atoms with Crippen molar-refractivity contribution in [1.29, 1.82) is 0 Å². The van der Waals surface area contributed by atoms with E-state index in [1.807, 2.05) is 30.3 Å². The van der Waals surface area contributed by atoms with E-state index in [9.17, 15) is 9.59 Å². The van der Waals surface area contributed by atoms with E-state index >= 15 is 0 Å². The van der Waals surface area contributed by atoms with Gasteiger partial charge in [0, 0.05) is 30.1 Å². The van der Waals surface area contributed by atoms with Crippen LogP contribution in [0.15, 0.2) is 41.7 Å². The molecule has 0 unspecified atom stereocenters. The second kappa shape index (κ2) is 8.77. The average molecular weight is 461 g/mol. The maximum absolute atomic E-state index is 12.6. The molecule has 3 heterocycles. The van der Waals surface area contributed by atoms with Crippen molar-refractivity contribution in [2.75, 3.05) is 13.1 Å². The molecule has 1 N–H and O–H groups in total. The first kappa shape index (κ1) is 19.6. The number of carbonyl (C=O) groups is 2. The van der Waals surface area contributed by atoms with Crippen molar-refractivity contribution in [1.82, 2.24) is 15.2 Å². The summed E-state index contributed by atoms with van der Waals surface area (Å²) in [5.74, 6) is -0.194. The molecular formula is C20H21BrN4O4. The number of hydrogen-bond donors (Lipinski definition) is 1. The minimum Gasteiger partial charge on any atom is -0.444 e. The molecule has 4 rings (SSSR count). The van der Waals surface area contributed by atoms with Crippen LogP contribution in [-0.2, 0) is 21.0 Å². The average Bonchev–Trinajstić information content (AvgIpc) is 3.39. The van der Waals surface area contributed by atoms with Crippen LogP contribution in [0.4, 0.5) is 4.79 Å². The first-order chi connectivity index (χ1) is 14.1. The molecule has 2 aliphatic heterocycles. The molecule has 1 aromatic carbocycles. The third kappa shape index (κ3) is 4.50. The molecule has 1 aromatic heterocycles. The number of rotatable bonds is 5. The van der Waals surface area contributed by atoms with Crippen molar-refractivity contribution < 1.29 is 19.2 Å². The summed E-state index contributed by atoms with van der Waals surface area (Å²) in [6.07, 6.45) is 3.04. The molecular weight excluding hydrogens is 440 g/mol. The predicted molar refractivity (Wildman–Crippen MR) is 111 cm³/mol. The summed E-state index contributed by atoms with van der Waals surface area (Å²) in [5, 5.41) is 7.61. The molecule has 0 saturated carbocycles. The molecule has 2 aliphatic rings. The van der Waals surface area contributed by atoms with Gasteiger partial charge in [-0.2, -0.15) is 0 Å². The maximum atomic E-state index is 12.6. The summed E-state index contributed by atoms with van der Waals surface area (Å²) in [5.41, 5.74) is 1.73. The van der Waals surface area contributed by atoms with Crippen LogP contribution in [0.5, 0.6) is 0 Å². The monoisotopic (exact) mass is 460 g/mol. The van der Waals surface area contributed by atoms with Crippen molar-refractivity contribution in [2.24, 2.45) is 5.16 Å². The smallest absolute Gasteiger partial charge is 0.410 e. The Balaban J connectivity index is 1.33. The lowest BCUT2D eigenvalue weighted by atomic mass is 10.1. The topological polar surface area (TPSA) is 93.1 Å². The number of aromatic nitrogens is 1. The van der Waals surface area contributed by atoms with Gasteiger partial charge in [0.05, 0.1) is 12.1 Å². The largest absolute Gasteiger partial charge is 0.444 e. The first-order valence-electron chi connectivity index (χ1n) is 9.54. The third-order valence-electron chi connectivity index (χ3n) is 5.08. The van der Waals surface area contributed by atoms with Gasteiger partial charge in [-0.15, -0.1) is 0 Å². The molecule has 9 heteroatoms. The van der Waals surface area contributed by atoms with Gasteiger partial charge in [0.25, 0.3) is 0 Å². The van der Waals surface area contributed by atoms with E-state index in [1.54, 1.807) is 6.20 Å². The van der Waals surface area contributed by atoms with E-state index < -0.39 is 12.1 Å². The number of para-hydroxylation sites is 1. The number of likely N-dealkylation sites (tertiary alicyclic amines) is 1. The fraction of sp³-hybridized carbons (Fsp3) is 0.400. The quantitative estimate of drug-likeness (QED) is 0.739. The van der Waals surface area contributed by atoms with E-state index in [-0.39, 0.29) is 18.6 Å². The number of benzene rings is 1. The van der Waals surface area contributed by atoms with Crippen molar-refractivity contribution in [3.8, 4) is 0 Å². The molecule has 0 radical (unpaired) electrons. The number of nitrogens with one attached hydrogen (secondary N) is 1. The summed E-state index contributed by atoms with van der Waals surface area (Å²) >= 11 is 3.27. The number of nitrogens with zero attached hydrogens (tertiary/aromatic N) is 3. The molecule has 2 aromatic rings. The summed E-state index contributed by atoms with van der Waals surface area (Å²) in [6, 6.07) is 9.02. The highest BCUT2D eigenvalue weighted by molar-refractivity contribution is 9.18. The molecule has 1 saturated heterocycles. The van der Waals surface area contributed by atoms with Crippen molar-refractivity contribution in [3.63, 3.8) is 0 Å². The molecule has 2 amide bonds. The van der Waals surface area contributed by atoms with E-state index in [0.717, 1.165) is 27.5 Å².